The lowest BCUT2D eigenvalue weighted by Gasteiger charge is -2.13. The van der Waals surface area contributed by atoms with Crippen molar-refractivity contribution in [3.63, 3.8) is 0 Å². The van der Waals surface area contributed by atoms with Gasteiger partial charge in [0.1, 0.15) is 5.88 Å². The SMILES string of the molecule is CC(NC(=O)CCl)c1ccc(C#N)cc1. The van der Waals surface area contributed by atoms with Crippen molar-refractivity contribution in [3.05, 3.63) is 35.4 Å². The summed E-state index contributed by atoms with van der Waals surface area (Å²) in [5, 5.41) is 11.3. The van der Waals surface area contributed by atoms with Gasteiger partial charge in [0.15, 0.2) is 0 Å². The van der Waals surface area contributed by atoms with E-state index in [4.69, 9.17) is 16.9 Å². The molecular weight excluding hydrogens is 212 g/mol. The minimum atomic E-state index is -0.200. The van der Waals surface area contributed by atoms with Gasteiger partial charge in [-0.05, 0) is 24.6 Å². The molecule has 78 valence electrons. The van der Waals surface area contributed by atoms with Crippen molar-refractivity contribution < 1.29 is 4.79 Å². The van der Waals surface area contributed by atoms with Gasteiger partial charge < -0.3 is 5.32 Å². The van der Waals surface area contributed by atoms with Crippen LogP contribution in [0.25, 0.3) is 0 Å². The second-order valence-corrected chi connectivity index (χ2v) is 3.42. The number of nitriles is 1. The zero-order valence-electron chi connectivity index (χ0n) is 8.33. The molecule has 0 saturated heterocycles. The summed E-state index contributed by atoms with van der Waals surface area (Å²) in [6.45, 7) is 1.87. The summed E-state index contributed by atoms with van der Waals surface area (Å²) in [6.07, 6.45) is 0. The van der Waals surface area contributed by atoms with E-state index in [0.717, 1.165) is 5.56 Å². The standard InChI is InChI=1S/C11H11ClN2O/c1-8(14-11(15)6-12)10-4-2-9(7-13)3-5-10/h2-5,8H,6H2,1H3,(H,14,15). The summed E-state index contributed by atoms with van der Waals surface area (Å²) in [5.74, 6) is -0.241. The third-order valence-corrected chi connectivity index (χ3v) is 2.28. The van der Waals surface area contributed by atoms with Gasteiger partial charge in [-0.15, -0.1) is 11.6 Å². The first kappa shape index (κ1) is 11.5. The molecule has 1 unspecified atom stereocenters. The molecule has 0 saturated carbocycles. The zero-order chi connectivity index (χ0) is 11.3. The number of alkyl halides is 1. The van der Waals surface area contributed by atoms with Crippen LogP contribution < -0.4 is 5.32 Å². The Morgan fingerprint density at radius 2 is 2.13 bits per heavy atom. The van der Waals surface area contributed by atoms with E-state index < -0.39 is 0 Å². The first-order valence-corrected chi connectivity index (χ1v) is 5.06. The molecule has 15 heavy (non-hydrogen) atoms. The molecule has 1 aromatic carbocycles. The molecule has 0 radical (unpaired) electrons. The first-order chi connectivity index (χ1) is 7.17. The van der Waals surface area contributed by atoms with Crippen molar-refractivity contribution in [1.82, 2.24) is 5.32 Å². The molecule has 0 aliphatic heterocycles. The van der Waals surface area contributed by atoms with E-state index in [1.807, 2.05) is 25.1 Å². The van der Waals surface area contributed by atoms with Crippen LogP contribution in [0.5, 0.6) is 0 Å². The predicted octanol–water partition coefficient (Wildman–Crippen LogP) is 1.97. The molecular formula is C11H11ClN2O. The van der Waals surface area contributed by atoms with Crippen molar-refractivity contribution >= 4 is 17.5 Å². The second-order valence-electron chi connectivity index (χ2n) is 3.16. The van der Waals surface area contributed by atoms with Crippen molar-refractivity contribution in [3.8, 4) is 6.07 Å². The van der Waals surface area contributed by atoms with Gasteiger partial charge in [-0.2, -0.15) is 5.26 Å². The Bertz CT molecular complexity index is 381. The molecule has 0 bridgehead atoms. The number of hydrogen-bond acceptors (Lipinski definition) is 2. The molecule has 0 aliphatic carbocycles. The fourth-order valence-electron chi connectivity index (χ4n) is 1.21. The third-order valence-electron chi connectivity index (χ3n) is 2.04. The van der Waals surface area contributed by atoms with Crippen LogP contribution in [0, 0.1) is 11.3 Å². The maximum absolute atomic E-state index is 11.0. The van der Waals surface area contributed by atoms with E-state index >= 15 is 0 Å². The minimum Gasteiger partial charge on any atom is -0.349 e. The van der Waals surface area contributed by atoms with Crippen LogP contribution in [0.4, 0.5) is 0 Å². The Morgan fingerprint density at radius 3 is 2.60 bits per heavy atom. The summed E-state index contributed by atoms with van der Waals surface area (Å²) in [6, 6.07) is 9.02. The highest BCUT2D eigenvalue weighted by Crippen LogP contribution is 2.12. The predicted molar refractivity (Wildman–Crippen MR) is 58.4 cm³/mol. The van der Waals surface area contributed by atoms with Crippen LogP contribution in [0.3, 0.4) is 0 Å². The smallest absolute Gasteiger partial charge is 0.235 e. The Kier molecular flexibility index (Phi) is 4.14. The Morgan fingerprint density at radius 1 is 1.53 bits per heavy atom. The molecule has 4 heteroatoms. The molecule has 0 heterocycles. The summed E-state index contributed by atoms with van der Waals surface area (Å²) >= 11 is 5.38. The number of carbonyl (C=O) groups is 1. The van der Waals surface area contributed by atoms with E-state index in [0.29, 0.717) is 5.56 Å². The number of halogens is 1. The van der Waals surface area contributed by atoms with Crippen LogP contribution in [-0.4, -0.2) is 11.8 Å². The first-order valence-electron chi connectivity index (χ1n) is 4.52. The van der Waals surface area contributed by atoms with Crippen molar-refractivity contribution in [1.29, 1.82) is 5.26 Å². The Balaban J connectivity index is 2.70. The van der Waals surface area contributed by atoms with Gasteiger partial charge in [-0.1, -0.05) is 12.1 Å². The van der Waals surface area contributed by atoms with Gasteiger partial charge >= 0.3 is 0 Å². The molecule has 1 rings (SSSR count). The average Bonchev–Trinajstić information content (AvgIpc) is 2.29. The Hall–Kier alpha value is -1.53. The largest absolute Gasteiger partial charge is 0.349 e. The summed E-state index contributed by atoms with van der Waals surface area (Å²) in [4.78, 5) is 11.0. The van der Waals surface area contributed by atoms with Gasteiger partial charge in [-0.3, -0.25) is 4.79 Å². The number of carbonyl (C=O) groups excluding carboxylic acids is 1. The third kappa shape index (κ3) is 3.26. The fourth-order valence-corrected chi connectivity index (χ4v) is 1.29. The molecule has 0 aromatic heterocycles. The van der Waals surface area contributed by atoms with Crippen LogP contribution in [0.2, 0.25) is 0 Å². The second kappa shape index (κ2) is 5.38. The number of nitrogens with zero attached hydrogens (tertiary/aromatic N) is 1. The number of rotatable bonds is 3. The molecule has 0 fully saturated rings. The molecule has 0 spiro atoms. The lowest BCUT2D eigenvalue weighted by Crippen LogP contribution is -2.27. The minimum absolute atomic E-state index is 0.0411. The Labute approximate surface area is 93.7 Å². The van der Waals surface area contributed by atoms with E-state index in [1.54, 1.807) is 12.1 Å². The molecule has 3 nitrogen and oxygen atoms in total. The number of hydrogen-bond donors (Lipinski definition) is 1. The summed E-state index contributed by atoms with van der Waals surface area (Å²) in [5.41, 5.74) is 1.56. The van der Waals surface area contributed by atoms with E-state index in [9.17, 15) is 4.79 Å². The van der Waals surface area contributed by atoms with Gasteiger partial charge in [0.2, 0.25) is 5.91 Å². The highest BCUT2D eigenvalue weighted by atomic mass is 35.5. The van der Waals surface area contributed by atoms with Crippen molar-refractivity contribution in [2.75, 3.05) is 5.88 Å². The quantitative estimate of drug-likeness (QED) is 0.795. The van der Waals surface area contributed by atoms with Crippen molar-refractivity contribution in [2.24, 2.45) is 0 Å². The fraction of sp³-hybridized carbons (Fsp3) is 0.273. The van der Waals surface area contributed by atoms with Crippen LogP contribution in [0.15, 0.2) is 24.3 Å². The lowest BCUT2D eigenvalue weighted by molar-refractivity contribution is -0.119. The topological polar surface area (TPSA) is 52.9 Å². The monoisotopic (exact) mass is 222 g/mol. The highest BCUT2D eigenvalue weighted by molar-refractivity contribution is 6.27. The van der Waals surface area contributed by atoms with Crippen LogP contribution in [0.1, 0.15) is 24.1 Å². The number of benzene rings is 1. The molecule has 1 aromatic rings. The van der Waals surface area contributed by atoms with Gasteiger partial charge in [0.25, 0.3) is 0 Å². The summed E-state index contributed by atoms with van der Waals surface area (Å²) < 4.78 is 0. The molecule has 1 N–H and O–H groups in total. The van der Waals surface area contributed by atoms with Crippen LogP contribution >= 0.6 is 11.6 Å². The van der Waals surface area contributed by atoms with Crippen molar-refractivity contribution in [2.45, 2.75) is 13.0 Å². The summed E-state index contributed by atoms with van der Waals surface area (Å²) in [7, 11) is 0. The average molecular weight is 223 g/mol. The maximum Gasteiger partial charge on any atom is 0.235 e. The highest BCUT2D eigenvalue weighted by Gasteiger charge is 2.07. The number of nitrogens with one attached hydrogen (secondary N) is 1. The van der Waals surface area contributed by atoms with Gasteiger partial charge in [-0.25, -0.2) is 0 Å². The lowest BCUT2D eigenvalue weighted by atomic mass is 10.1. The van der Waals surface area contributed by atoms with E-state index in [1.165, 1.54) is 0 Å². The zero-order valence-corrected chi connectivity index (χ0v) is 9.08. The van der Waals surface area contributed by atoms with Crippen LogP contribution in [-0.2, 0) is 4.79 Å². The number of amides is 1. The molecule has 1 atom stereocenters. The maximum atomic E-state index is 11.0. The molecule has 0 aliphatic rings. The molecule has 1 amide bonds. The van der Waals surface area contributed by atoms with Gasteiger partial charge in [0.05, 0.1) is 17.7 Å². The van der Waals surface area contributed by atoms with Gasteiger partial charge in [0, 0.05) is 0 Å². The van der Waals surface area contributed by atoms with E-state index in [-0.39, 0.29) is 17.8 Å². The normalized spacial score (nSPS) is 11.5. The van der Waals surface area contributed by atoms with E-state index in [2.05, 4.69) is 5.32 Å².